The quantitative estimate of drug-likeness (QED) is 0.207. The van der Waals surface area contributed by atoms with Crippen molar-refractivity contribution in [3.05, 3.63) is 71.5 Å². The van der Waals surface area contributed by atoms with E-state index in [9.17, 15) is 0 Å². The molecule has 0 saturated carbocycles. The fraction of sp³-hybridized carbons (Fsp3) is 0. The number of rotatable bonds is 0. The Hall–Kier alpha value is 3.01. The smallest absolute Gasteiger partial charge is 0.693 e. The number of nitrogens with two attached hydrogens (primary N) is 8. The van der Waals surface area contributed by atoms with E-state index in [1.54, 1.807) is 37.5 Å². The maximum Gasteiger partial charge on any atom is 4.00 e. The van der Waals surface area contributed by atoms with Crippen molar-refractivity contribution < 1.29 is 79.7 Å². The minimum absolute atomic E-state index is 0. The van der Waals surface area contributed by atoms with Gasteiger partial charge in [-0.3, -0.25) is 0 Å². The van der Waals surface area contributed by atoms with Gasteiger partial charge in [-0.15, -0.1) is 0 Å². The molecule has 0 aromatic carbocycles. The van der Waals surface area contributed by atoms with Gasteiger partial charge in [0.1, 0.15) is 0 Å². The molecule has 0 aromatic rings. The third-order valence-corrected chi connectivity index (χ3v) is 0. The predicted octanol–water partition coefficient (Wildman–Crippen LogP) is 8.46. The summed E-state index contributed by atoms with van der Waals surface area (Å²) in [5.41, 5.74) is 0. The second-order valence-electron chi connectivity index (χ2n) is 0. The van der Waals surface area contributed by atoms with Crippen LogP contribution in [0, 0.1) is 22.3 Å². The Balaban J connectivity index is -0.000000000205. The van der Waals surface area contributed by atoms with E-state index in [-0.39, 0.29) is 114 Å². The Kier molecular flexibility index (Phi) is 11500. The Morgan fingerprint density at radius 2 is 0.412 bits per heavy atom. The molecule has 0 unspecified atom stereocenters. The van der Waals surface area contributed by atoms with Crippen molar-refractivity contribution in [1.29, 1.82) is 0 Å². The van der Waals surface area contributed by atoms with Crippen LogP contribution in [-0.2, 0) is 79.7 Å². The summed E-state index contributed by atoms with van der Waals surface area (Å²) in [6.07, 6.45) is 0. The second-order valence-corrected chi connectivity index (χ2v) is 0. The molecule has 0 aliphatic rings. The number of hydrogen-bond donors (Lipinski definition) is 0. The summed E-state index contributed by atoms with van der Waals surface area (Å²) in [4.78, 5) is 0. The van der Waals surface area contributed by atoms with Gasteiger partial charge < -0.3 is 71.5 Å². The minimum atomic E-state index is 0. The van der Waals surface area contributed by atoms with Gasteiger partial charge in [0.15, 0.2) is 0 Å². The van der Waals surface area contributed by atoms with Gasteiger partial charge in [-0.1, -0.05) is 0 Å². The van der Waals surface area contributed by atoms with Gasteiger partial charge in [0.05, 0.1) is 0 Å². The fourth-order valence-corrected chi connectivity index (χ4v) is 0. The van der Waals surface area contributed by atoms with Gasteiger partial charge in [0.2, 0.25) is 0 Å². The molecule has 138 valence electrons. The molecule has 0 aliphatic heterocycles. The summed E-state index contributed by atoms with van der Waals surface area (Å²) in [5.74, 6) is 0. The summed E-state index contributed by atoms with van der Waals surface area (Å²) in [5, 5.41) is 0. The van der Waals surface area contributed by atoms with Crippen molar-refractivity contribution in [1.82, 2.24) is 0 Å². The first-order valence-electron chi connectivity index (χ1n) is 0.239. The number of halogens is 2. The van der Waals surface area contributed by atoms with Crippen LogP contribution in [0.4, 0.5) is 0 Å². The normalized spacial score (nSPS) is 0.824. The van der Waals surface area contributed by atoms with Crippen LogP contribution in [0.15, 0.2) is 0 Å². The van der Waals surface area contributed by atoms with Crippen LogP contribution in [-0.4, -0.2) is 0 Å². The van der Waals surface area contributed by atoms with Crippen LogP contribution < -0.4 is 0 Å². The first kappa shape index (κ1) is 288. The van der Waals surface area contributed by atoms with Crippen molar-refractivity contribution >= 4 is 18.8 Å². The maximum absolute atomic E-state index is 4.61. The largest absolute Gasteiger partial charge is 4.00 e. The van der Waals surface area contributed by atoms with Gasteiger partial charge in [0, 0.05) is 21.1 Å². The maximum atomic E-state index is 4.61. The van der Waals surface area contributed by atoms with Gasteiger partial charge in [0.25, 0.3) is 0 Å². The molecule has 0 aromatic heterocycles. The van der Waals surface area contributed by atoms with Gasteiger partial charge in [-0.05, 0) is 0 Å². The fourth-order valence-electron chi connectivity index (χ4n) is 0. The molecule has 0 amide bonds. The Bertz CT molecular complexity index is 30.7. The summed E-state index contributed by atoms with van der Waals surface area (Å²) in [6, 6.07) is 0. The molecular weight excluding hydrogens is 999 g/mol. The molecule has 8 nitrogen and oxygen atoms in total. The van der Waals surface area contributed by atoms with Crippen molar-refractivity contribution in [2.45, 2.75) is 0 Å². The summed E-state index contributed by atoms with van der Waals surface area (Å²) >= 11 is 3.22. The van der Waals surface area contributed by atoms with Gasteiger partial charge in [-0.2, -0.15) is 0 Å². The van der Waals surface area contributed by atoms with Crippen molar-refractivity contribution in [3.63, 3.8) is 0 Å². The van der Waals surface area contributed by atoms with Crippen molar-refractivity contribution in [3.8, 4) is 0 Å². The molecule has 0 atom stereocenters. The molecule has 0 spiro atoms. The summed E-state index contributed by atoms with van der Waals surface area (Å²) < 4.78 is 0. The van der Waals surface area contributed by atoms with Gasteiger partial charge in [-0.25, -0.2) is 0 Å². The SMILES string of the molecule is [CH3-].[CH3-].[CH3-].[Cl][Pt].[Cl][Pt].[NH2-].[NH2-].[NH2-].[NH2-].[NH2-].[NH2-].[NH2-].[NH2-].[Pt+4].[Pt]. The van der Waals surface area contributed by atoms with E-state index in [0.29, 0.717) is 0 Å². The molecule has 0 heterocycles. The average Bonchev–Trinajstić information content (AvgIpc) is 1.50. The van der Waals surface area contributed by atoms with Crippen molar-refractivity contribution in [2.75, 3.05) is 0 Å². The van der Waals surface area contributed by atoms with E-state index in [0.717, 1.165) is 0 Å². The summed E-state index contributed by atoms with van der Waals surface area (Å²) in [7, 11) is 9.22. The number of hydrogen-bond acceptors (Lipinski definition) is 0. The first-order valence-corrected chi connectivity index (χ1v) is 5.87. The van der Waals surface area contributed by atoms with Crippen LogP contribution in [0.1, 0.15) is 0 Å². The molecular formula is C3H25Cl2N8Pt4-7. The van der Waals surface area contributed by atoms with Crippen LogP contribution in [0.2, 0.25) is 0 Å². The van der Waals surface area contributed by atoms with Crippen LogP contribution in [0.5, 0.6) is 0 Å². The minimum Gasteiger partial charge on any atom is -0.693 e. The zero-order valence-corrected chi connectivity index (χ0v) is 20.2. The van der Waals surface area contributed by atoms with Gasteiger partial charge >= 0.3 is 77.4 Å². The van der Waals surface area contributed by atoms with Crippen molar-refractivity contribution in [2.24, 2.45) is 0 Å². The predicted molar refractivity (Wildman–Crippen MR) is 73.2 cm³/mol. The molecule has 0 saturated heterocycles. The molecule has 0 aliphatic carbocycles. The Morgan fingerprint density at radius 1 is 0.412 bits per heavy atom. The average molecular weight is 1020 g/mol. The zero-order valence-electron chi connectivity index (χ0n) is 9.64. The molecule has 0 bridgehead atoms. The van der Waals surface area contributed by atoms with E-state index >= 15 is 0 Å². The third kappa shape index (κ3) is 606. The molecule has 0 radical (unpaired) electrons. The Morgan fingerprint density at radius 3 is 0.412 bits per heavy atom. The molecule has 0 rings (SSSR count). The Labute approximate surface area is 168 Å². The van der Waals surface area contributed by atoms with Crippen LogP contribution in [0.25, 0.3) is 49.2 Å². The van der Waals surface area contributed by atoms with Crippen LogP contribution in [0.3, 0.4) is 0 Å². The third-order valence-electron chi connectivity index (χ3n) is 0. The zero-order chi connectivity index (χ0) is 4.00. The van der Waals surface area contributed by atoms with E-state index in [1.807, 2.05) is 0 Å². The van der Waals surface area contributed by atoms with E-state index in [4.69, 9.17) is 0 Å². The molecule has 14 heteroatoms. The standard InChI is InChI=1S/3CH3.2ClH.8H2N.4Pt/h3*1H3;2*1H;8*1H2;;;;/q3*-1;;;8*-1;;2*+1;+4/p-2. The van der Waals surface area contributed by atoms with E-state index < -0.39 is 0 Å². The summed E-state index contributed by atoms with van der Waals surface area (Å²) in [6.45, 7) is 0. The second kappa shape index (κ2) is 679. The van der Waals surface area contributed by atoms with E-state index in [1.165, 1.54) is 0 Å². The molecule has 16 N–H and O–H groups in total. The van der Waals surface area contributed by atoms with Crippen LogP contribution >= 0.6 is 18.8 Å². The molecule has 17 heavy (non-hydrogen) atoms. The monoisotopic (exact) mass is 1020 g/mol. The van der Waals surface area contributed by atoms with E-state index in [2.05, 4.69) is 18.8 Å². The topological polar surface area (TPSA) is 268 Å². The first-order chi connectivity index (χ1) is 2.00. The molecule has 0 fully saturated rings.